The van der Waals surface area contributed by atoms with Crippen LogP contribution in [0.2, 0.25) is 0 Å². The van der Waals surface area contributed by atoms with Gasteiger partial charge in [-0.05, 0) is 68.1 Å². The highest BCUT2D eigenvalue weighted by molar-refractivity contribution is 5.84. The summed E-state index contributed by atoms with van der Waals surface area (Å²) in [4.78, 5) is 13.9. The average molecular weight is 385 g/mol. The molecule has 4 aliphatic rings. The van der Waals surface area contributed by atoms with Gasteiger partial charge in [-0.2, -0.15) is 9.97 Å². The van der Waals surface area contributed by atoms with Crippen LogP contribution in [0.1, 0.15) is 51.9 Å². The highest BCUT2D eigenvalue weighted by Gasteiger charge is 2.50. The molecule has 1 atom stereocenters. The number of nitrogens with zero attached hydrogens (tertiary/aromatic N) is 4. The van der Waals surface area contributed by atoms with Gasteiger partial charge in [-0.3, -0.25) is 0 Å². The van der Waals surface area contributed by atoms with Crippen LogP contribution in [0.3, 0.4) is 0 Å². The first-order chi connectivity index (χ1) is 13.6. The van der Waals surface area contributed by atoms with E-state index in [-0.39, 0.29) is 12.6 Å². The van der Waals surface area contributed by atoms with Gasteiger partial charge >= 0.3 is 0 Å². The summed E-state index contributed by atoms with van der Waals surface area (Å²) in [5.41, 5.74) is 2.08. The first-order valence-electron chi connectivity index (χ1n) is 10.9. The van der Waals surface area contributed by atoms with Crippen molar-refractivity contribution >= 4 is 22.9 Å². The lowest BCUT2D eigenvalue weighted by Gasteiger charge is -2.57. The molecule has 7 heteroatoms. The van der Waals surface area contributed by atoms with Gasteiger partial charge in [0.1, 0.15) is 0 Å². The zero-order chi connectivity index (χ0) is 19.3. The second-order valence-electron chi connectivity index (χ2n) is 9.63. The number of rotatable bonds is 7. The Labute approximate surface area is 166 Å². The number of hydrogen-bond donors (Lipinski definition) is 3. The van der Waals surface area contributed by atoms with Gasteiger partial charge in [0.05, 0.1) is 19.0 Å². The van der Waals surface area contributed by atoms with E-state index in [1.807, 2.05) is 18.5 Å². The predicted molar refractivity (Wildman–Crippen MR) is 110 cm³/mol. The van der Waals surface area contributed by atoms with Crippen LogP contribution in [0.5, 0.6) is 0 Å². The van der Waals surface area contributed by atoms with Crippen molar-refractivity contribution in [2.24, 2.45) is 30.2 Å². The maximum atomic E-state index is 9.53. The second-order valence-corrected chi connectivity index (χ2v) is 9.63. The summed E-state index contributed by atoms with van der Waals surface area (Å²) in [6.07, 6.45) is 11.1. The molecule has 2 aromatic heterocycles. The topological polar surface area (TPSA) is 87.9 Å². The molecule has 7 nitrogen and oxygen atoms in total. The molecular formula is C21H32N6O. The predicted octanol–water partition coefficient (Wildman–Crippen LogP) is 3.17. The Balaban J connectivity index is 1.40. The van der Waals surface area contributed by atoms with Crippen LogP contribution in [0.4, 0.5) is 11.8 Å². The smallest absolute Gasteiger partial charge is 0.227 e. The number of hydrogen-bond acceptors (Lipinski definition) is 6. The van der Waals surface area contributed by atoms with E-state index in [0.717, 1.165) is 47.7 Å². The minimum absolute atomic E-state index is 0.0401. The average Bonchev–Trinajstić information content (AvgIpc) is 3.04. The Morgan fingerprint density at radius 3 is 2.46 bits per heavy atom. The van der Waals surface area contributed by atoms with Crippen LogP contribution in [0.15, 0.2) is 6.33 Å². The van der Waals surface area contributed by atoms with E-state index < -0.39 is 0 Å². The third-order valence-corrected chi connectivity index (χ3v) is 7.40. The Hall–Kier alpha value is -1.89. The van der Waals surface area contributed by atoms with Crippen molar-refractivity contribution in [1.82, 2.24) is 19.5 Å². The van der Waals surface area contributed by atoms with E-state index >= 15 is 0 Å². The molecule has 4 saturated carbocycles. The lowest BCUT2D eigenvalue weighted by atomic mass is 9.49. The summed E-state index contributed by atoms with van der Waals surface area (Å²) >= 11 is 0. The molecule has 0 spiro atoms. The highest BCUT2D eigenvalue weighted by atomic mass is 16.3. The number of nitrogens with one attached hydrogen (secondary N) is 2. The molecule has 2 heterocycles. The number of aliphatic hydroxyl groups is 1. The van der Waals surface area contributed by atoms with Crippen LogP contribution >= 0.6 is 0 Å². The van der Waals surface area contributed by atoms with Crippen LogP contribution in [0.25, 0.3) is 11.2 Å². The minimum atomic E-state index is -0.0401. The molecule has 0 aliphatic heterocycles. The van der Waals surface area contributed by atoms with Crippen LogP contribution < -0.4 is 10.6 Å². The fourth-order valence-electron chi connectivity index (χ4n) is 6.43. The molecule has 0 saturated heterocycles. The van der Waals surface area contributed by atoms with E-state index in [0.29, 0.717) is 11.4 Å². The Bertz CT molecular complexity index is 823. The van der Waals surface area contributed by atoms with E-state index in [4.69, 9.17) is 4.98 Å². The Morgan fingerprint density at radius 1 is 1.18 bits per heavy atom. The van der Waals surface area contributed by atoms with Crippen molar-refractivity contribution in [2.45, 2.75) is 57.9 Å². The molecule has 0 radical (unpaired) electrons. The number of aromatic nitrogens is 4. The Kier molecular flexibility index (Phi) is 4.45. The number of aryl methyl sites for hydroxylation is 1. The summed E-state index contributed by atoms with van der Waals surface area (Å²) in [5.74, 6) is 4.21. The van der Waals surface area contributed by atoms with Gasteiger partial charge in [-0.25, -0.2) is 4.98 Å². The highest BCUT2D eigenvalue weighted by Crippen LogP contribution is 2.59. The van der Waals surface area contributed by atoms with Crippen molar-refractivity contribution in [3.63, 3.8) is 0 Å². The molecule has 6 rings (SSSR count). The van der Waals surface area contributed by atoms with E-state index in [1.165, 1.54) is 38.5 Å². The SMILES string of the molecule is CC[C@H](CO)Nc1nc(NCC23CC4CC(CC(C4)C2)C3)c2ncn(C)c2n1. The summed E-state index contributed by atoms with van der Waals surface area (Å²) in [7, 11) is 1.96. The lowest BCUT2D eigenvalue weighted by molar-refractivity contribution is -0.0444. The van der Waals surface area contributed by atoms with Crippen molar-refractivity contribution in [3.05, 3.63) is 6.33 Å². The molecule has 0 amide bonds. The molecule has 4 fully saturated rings. The minimum Gasteiger partial charge on any atom is -0.394 e. The first-order valence-corrected chi connectivity index (χ1v) is 10.9. The van der Waals surface area contributed by atoms with E-state index in [2.05, 4.69) is 20.6 Å². The third-order valence-electron chi connectivity index (χ3n) is 7.40. The summed E-state index contributed by atoms with van der Waals surface area (Å²) in [5, 5.41) is 16.5. The number of anilines is 2. The molecule has 0 unspecified atom stereocenters. The maximum Gasteiger partial charge on any atom is 0.227 e. The van der Waals surface area contributed by atoms with Gasteiger partial charge in [-0.15, -0.1) is 0 Å². The van der Waals surface area contributed by atoms with Crippen molar-refractivity contribution < 1.29 is 5.11 Å². The summed E-state index contributed by atoms with van der Waals surface area (Å²) in [6.45, 7) is 3.10. The zero-order valence-electron chi connectivity index (χ0n) is 17.0. The van der Waals surface area contributed by atoms with E-state index in [1.54, 1.807) is 6.33 Å². The van der Waals surface area contributed by atoms with Gasteiger partial charge in [0.25, 0.3) is 0 Å². The van der Waals surface area contributed by atoms with Gasteiger partial charge < -0.3 is 20.3 Å². The molecule has 4 bridgehead atoms. The van der Waals surface area contributed by atoms with Crippen molar-refractivity contribution in [2.75, 3.05) is 23.8 Å². The van der Waals surface area contributed by atoms with Gasteiger partial charge in [-0.1, -0.05) is 6.92 Å². The van der Waals surface area contributed by atoms with Gasteiger partial charge in [0.15, 0.2) is 17.0 Å². The molecule has 2 aromatic rings. The summed E-state index contributed by atoms with van der Waals surface area (Å²) in [6, 6.07) is -0.0401. The number of fused-ring (bicyclic) bond motifs is 1. The molecule has 3 N–H and O–H groups in total. The van der Waals surface area contributed by atoms with Crippen LogP contribution in [-0.2, 0) is 7.05 Å². The quantitative estimate of drug-likeness (QED) is 0.680. The molecular weight excluding hydrogens is 352 g/mol. The zero-order valence-corrected chi connectivity index (χ0v) is 17.0. The molecule has 4 aliphatic carbocycles. The Morgan fingerprint density at radius 2 is 1.86 bits per heavy atom. The fourth-order valence-corrected chi connectivity index (χ4v) is 6.43. The normalized spacial score (nSPS) is 32.0. The molecule has 152 valence electrons. The lowest BCUT2D eigenvalue weighted by Crippen LogP contribution is -2.49. The fraction of sp³-hybridized carbons (Fsp3) is 0.762. The maximum absolute atomic E-state index is 9.53. The largest absolute Gasteiger partial charge is 0.394 e. The molecule has 28 heavy (non-hydrogen) atoms. The van der Waals surface area contributed by atoms with Gasteiger partial charge in [0, 0.05) is 13.6 Å². The second kappa shape index (κ2) is 6.87. The summed E-state index contributed by atoms with van der Waals surface area (Å²) < 4.78 is 1.93. The number of imidazole rings is 1. The first kappa shape index (κ1) is 18.2. The van der Waals surface area contributed by atoms with Crippen molar-refractivity contribution in [1.29, 1.82) is 0 Å². The standard InChI is InChI=1S/C21H32N6O/c1-3-16(10-28)24-20-25-18(17-19(26-20)27(2)12-23-17)22-11-21-7-13-4-14(8-21)6-15(5-13)9-21/h12-16,28H,3-11H2,1-2H3,(H2,22,24,25,26)/t13?,14?,15?,16-,21?/m1/s1. The monoisotopic (exact) mass is 384 g/mol. The van der Waals surface area contributed by atoms with Crippen molar-refractivity contribution in [3.8, 4) is 0 Å². The van der Waals surface area contributed by atoms with Crippen LogP contribution in [-0.4, -0.2) is 43.8 Å². The van der Waals surface area contributed by atoms with Gasteiger partial charge in [0.2, 0.25) is 5.95 Å². The third kappa shape index (κ3) is 3.13. The van der Waals surface area contributed by atoms with E-state index in [9.17, 15) is 5.11 Å². The van der Waals surface area contributed by atoms with Crippen LogP contribution in [0, 0.1) is 23.2 Å². The molecule has 0 aromatic carbocycles. The number of aliphatic hydroxyl groups excluding tert-OH is 1.